The Labute approximate surface area is 252 Å². The van der Waals surface area contributed by atoms with Crippen molar-refractivity contribution in [1.82, 2.24) is 0 Å². The maximum atomic E-state index is 2.65. The number of allylic oxidation sites excluding steroid dienone is 4. The first-order chi connectivity index (χ1) is 19.7. The molecule has 0 bridgehead atoms. The fourth-order valence-corrected chi connectivity index (χ4v) is 7.20. The highest BCUT2D eigenvalue weighted by Crippen LogP contribution is 2.49. The molecule has 0 spiro atoms. The van der Waals surface area contributed by atoms with Crippen molar-refractivity contribution in [3.8, 4) is 0 Å². The van der Waals surface area contributed by atoms with Gasteiger partial charge < -0.3 is 4.90 Å². The third-order valence-corrected chi connectivity index (χ3v) is 9.70. The van der Waals surface area contributed by atoms with Gasteiger partial charge >= 0.3 is 0 Å². The molecule has 222 valence electrons. The monoisotopic (exact) mass is 553 g/mol. The Morgan fingerprint density at radius 2 is 1.34 bits per heavy atom. The zero-order valence-corrected chi connectivity index (χ0v) is 27.3. The Hall–Kier alpha value is -2.61. The average molecular weight is 554 g/mol. The number of rotatable bonds is 15. The van der Waals surface area contributed by atoms with E-state index in [0.717, 1.165) is 6.54 Å². The molecule has 1 atom stereocenters. The van der Waals surface area contributed by atoms with Gasteiger partial charge in [0, 0.05) is 47.0 Å². The lowest BCUT2D eigenvalue weighted by molar-refractivity contribution is -0.438. The summed E-state index contributed by atoms with van der Waals surface area (Å²) in [5, 5.41) is 0. The van der Waals surface area contributed by atoms with Crippen molar-refractivity contribution >= 4 is 17.1 Å². The van der Waals surface area contributed by atoms with Crippen LogP contribution in [-0.4, -0.2) is 22.9 Å². The van der Waals surface area contributed by atoms with Crippen LogP contribution in [0.25, 0.3) is 0 Å². The van der Waals surface area contributed by atoms with Crippen molar-refractivity contribution in [2.45, 2.75) is 136 Å². The Kier molecular flexibility index (Phi) is 10.7. The maximum absolute atomic E-state index is 2.65. The van der Waals surface area contributed by atoms with Crippen LogP contribution >= 0.6 is 0 Å². The van der Waals surface area contributed by atoms with Crippen molar-refractivity contribution in [2.75, 3.05) is 11.4 Å². The molecule has 4 rings (SSSR count). The summed E-state index contributed by atoms with van der Waals surface area (Å²) in [4.78, 5) is 2.65. The molecule has 2 aromatic rings. The SMILES string of the molecule is CCCCCCCC[N+]1=C(C=CC=C2N(C(C)CCCCCC)c3ccccc3C2(C)C)C(C)(C)c2ccccc21. The molecule has 1 unspecified atom stereocenters. The van der Waals surface area contributed by atoms with E-state index in [1.54, 1.807) is 0 Å². The molecule has 2 heteroatoms. The van der Waals surface area contributed by atoms with Gasteiger partial charge in [-0.05, 0) is 51.3 Å². The van der Waals surface area contributed by atoms with E-state index >= 15 is 0 Å². The van der Waals surface area contributed by atoms with Crippen LogP contribution in [0.4, 0.5) is 11.4 Å². The van der Waals surface area contributed by atoms with Gasteiger partial charge in [0.2, 0.25) is 5.69 Å². The van der Waals surface area contributed by atoms with Gasteiger partial charge in [-0.1, -0.05) is 122 Å². The van der Waals surface area contributed by atoms with Gasteiger partial charge in [-0.25, -0.2) is 0 Å². The van der Waals surface area contributed by atoms with E-state index in [0.29, 0.717) is 6.04 Å². The summed E-state index contributed by atoms with van der Waals surface area (Å²) in [6.45, 7) is 17.7. The lowest BCUT2D eigenvalue weighted by Crippen LogP contribution is -2.33. The summed E-state index contributed by atoms with van der Waals surface area (Å²) in [6.07, 6.45) is 21.7. The highest BCUT2D eigenvalue weighted by molar-refractivity contribution is 6.03. The first-order valence-electron chi connectivity index (χ1n) is 16.8. The number of nitrogens with zero attached hydrogens (tertiary/aromatic N) is 2. The first-order valence-corrected chi connectivity index (χ1v) is 16.8. The van der Waals surface area contributed by atoms with E-state index in [2.05, 4.69) is 125 Å². The minimum absolute atomic E-state index is 0.00573. The topological polar surface area (TPSA) is 6.25 Å². The predicted octanol–water partition coefficient (Wildman–Crippen LogP) is 11.0. The van der Waals surface area contributed by atoms with E-state index < -0.39 is 0 Å². The van der Waals surface area contributed by atoms with E-state index in [9.17, 15) is 0 Å². The number of fused-ring (bicyclic) bond motifs is 2. The normalized spacial score (nSPS) is 18.9. The van der Waals surface area contributed by atoms with Gasteiger partial charge in [-0.3, -0.25) is 0 Å². The van der Waals surface area contributed by atoms with Crippen LogP contribution in [0.3, 0.4) is 0 Å². The molecule has 2 aliphatic rings. The van der Waals surface area contributed by atoms with Crippen molar-refractivity contribution < 1.29 is 4.58 Å². The Bertz CT molecular complexity index is 1240. The van der Waals surface area contributed by atoms with Gasteiger partial charge in [0.05, 0.1) is 5.41 Å². The molecule has 0 amide bonds. The van der Waals surface area contributed by atoms with Crippen molar-refractivity contribution in [3.63, 3.8) is 0 Å². The molecule has 0 saturated carbocycles. The highest BCUT2D eigenvalue weighted by atomic mass is 15.2. The smallest absolute Gasteiger partial charge is 0.209 e. The zero-order chi connectivity index (χ0) is 29.5. The molecule has 2 aliphatic heterocycles. The predicted molar refractivity (Wildman–Crippen MR) is 180 cm³/mol. The van der Waals surface area contributed by atoms with Crippen LogP contribution in [0, 0.1) is 0 Å². The summed E-state index contributed by atoms with van der Waals surface area (Å²) in [6, 6.07) is 18.6. The molecule has 0 radical (unpaired) electrons. The van der Waals surface area contributed by atoms with Crippen LogP contribution in [0.5, 0.6) is 0 Å². The molecule has 41 heavy (non-hydrogen) atoms. The van der Waals surface area contributed by atoms with Gasteiger partial charge in [-0.2, -0.15) is 4.58 Å². The van der Waals surface area contributed by atoms with Crippen LogP contribution in [0.1, 0.15) is 130 Å². The summed E-state index contributed by atoms with van der Waals surface area (Å²) in [7, 11) is 0. The fraction of sp³-hybridized carbons (Fsp3) is 0.564. The molecule has 2 nitrogen and oxygen atoms in total. The van der Waals surface area contributed by atoms with Crippen LogP contribution in [0.15, 0.2) is 72.5 Å². The standard InChI is InChI=1S/C39H57N2/c1-8-10-12-14-15-21-30-40-34-26-19-17-24-32(34)38(4,5)36(40)28-22-29-37-39(6,7)33-25-18-20-27-35(33)41(37)31(3)23-16-13-11-9-2/h17-20,22,24-29,31H,8-16,21,23,30H2,1-7H3/q+1. The minimum Gasteiger partial charge on any atom is -0.341 e. The summed E-state index contributed by atoms with van der Waals surface area (Å²) in [5.74, 6) is 0. The van der Waals surface area contributed by atoms with Crippen molar-refractivity contribution in [3.05, 3.63) is 83.6 Å². The Morgan fingerprint density at radius 1 is 0.732 bits per heavy atom. The van der Waals surface area contributed by atoms with Crippen LogP contribution in [0.2, 0.25) is 0 Å². The molecule has 0 fully saturated rings. The Morgan fingerprint density at radius 3 is 2.07 bits per heavy atom. The number of hydrogen-bond donors (Lipinski definition) is 0. The zero-order valence-electron chi connectivity index (χ0n) is 27.3. The molecular formula is C39H57N2+. The molecule has 0 N–H and O–H groups in total. The van der Waals surface area contributed by atoms with Crippen LogP contribution in [-0.2, 0) is 10.8 Å². The van der Waals surface area contributed by atoms with E-state index in [1.807, 2.05) is 0 Å². The lowest BCUT2D eigenvalue weighted by Gasteiger charge is -2.32. The second-order valence-electron chi connectivity index (χ2n) is 13.6. The van der Waals surface area contributed by atoms with Crippen molar-refractivity contribution in [1.29, 1.82) is 0 Å². The quantitative estimate of drug-likeness (QED) is 0.157. The highest BCUT2D eigenvalue weighted by Gasteiger charge is 2.44. The second kappa shape index (κ2) is 14.0. The summed E-state index contributed by atoms with van der Waals surface area (Å²) < 4.78 is 2.62. The number of unbranched alkanes of at least 4 members (excludes halogenated alkanes) is 8. The number of hydrogen-bond acceptors (Lipinski definition) is 1. The lowest BCUT2D eigenvalue weighted by atomic mass is 9.81. The van der Waals surface area contributed by atoms with Gasteiger partial charge in [0.1, 0.15) is 6.54 Å². The largest absolute Gasteiger partial charge is 0.341 e. The van der Waals surface area contributed by atoms with Gasteiger partial charge in [-0.15, -0.1) is 0 Å². The maximum Gasteiger partial charge on any atom is 0.209 e. The van der Waals surface area contributed by atoms with Crippen molar-refractivity contribution in [2.24, 2.45) is 0 Å². The second-order valence-corrected chi connectivity index (χ2v) is 13.6. The summed E-state index contributed by atoms with van der Waals surface area (Å²) in [5.41, 5.74) is 8.52. The number of benzene rings is 2. The first kappa shape index (κ1) is 31.3. The third kappa shape index (κ3) is 6.73. The molecule has 0 aromatic heterocycles. The van der Waals surface area contributed by atoms with E-state index in [1.165, 1.54) is 105 Å². The average Bonchev–Trinajstić information content (AvgIpc) is 3.32. The molecule has 0 saturated heterocycles. The molecule has 2 heterocycles. The van der Waals surface area contributed by atoms with Gasteiger partial charge in [0.25, 0.3) is 0 Å². The third-order valence-electron chi connectivity index (χ3n) is 9.70. The number of para-hydroxylation sites is 2. The van der Waals surface area contributed by atoms with Gasteiger partial charge in [0.15, 0.2) is 5.71 Å². The molecule has 2 aromatic carbocycles. The minimum atomic E-state index is -0.0182. The number of anilines is 1. The fourth-order valence-electron chi connectivity index (χ4n) is 7.20. The van der Waals surface area contributed by atoms with E-state index in [4.69, 9.17) is 0 Å². The van der Waals surface area contributed by atoms with Crippen LogP contribution < -0.4 is 4.90 Å². The summed E-state index contributed by atoms with van der Waals surface area (Å²) >= 11 is 0. The Balaban J connectivity index is 1.64. The van der Waals surface area contributed by atoms with E-state index in [-0.39, 0.29) is 10.8 Å². The molecule has 0 aliphatic carbocycles. The molecular weight excluding hydrogens is 496 g/mol.